The summed E-state index contributed by atoms with van der Waals surface area (Å²) in [7, 11) is 1.61. The molecule has 0 atom stereocenters. The number of rotatable bonds is 7. The van der Waals surface area contributed by atoms with Crippen molar-refractivity contribution in [2.24, 2.45) is 4.99 Å². The summed E-state index contributed by atoms with van der Waals surface area (Å²) in [6, 6.07) is 12.4. The lowest BCUT2D eigenvalue weighted by molar-refractivity contribution is -0.114. The van der Waals surface area contributed by atoms with E-state index in [1.807, 2.05) is 24.3 Å². The molecule has 2 aliphatic heterocycles. The van der Waals surface area contributed by atoms with E-state index in [4.69, 9.17) is 36.1 Å². The number of allylic oxidation sites excluding steroid dienone is 1. The van der Waals surface area contributed by atoms with Crippen LogP contribution in [0.5, 0.6) is 17.2 Å². The van der Waals surface area contributed by atoms with Gasteiger partial charge < -0.3 is 19.0 Å². The Morgan fingerprint density at radius 3 is 2.56 bits per heavy atom. The van der Waals surface area contributed by atoms with E-state index in [0.717, 1.165) is 5.75 Å². The molecule has 164 valence electrons. The maximum Gasteiger partial charge on any atom is 0.282 e. The Bertz CT molecular complexity index is 1150. The van der Waals surface area contributed by atoms with Gasteiger partial charge in [-0.05, 0) is 55.0 Å². The van der Waals surface area contributed by atoms with Crippen LogP contribution in [0.1, 0.15) is 12.5 Å². The highest BCUT2D eigenvalue weighted by Gasteiger charge is 2.34. The van der Waals surface area contributed by atoms with Gasteiger partial charge in [-0.2, -0.15) is 4.99 Å². The van der Waals surface area contributed by atoms with Gasteiger partial charge >= 0.3 is 0 Å². The number of carbonyl (C=O) groups excluding carboxylic acids is 1. The number of ether oxygens (including phenoxy) is 3. The number of benzene rings is 2. The molecule has 0 saturated carbocycles. The summed E-state index contributed by atoms with van der Waals surface area (Å²) in [6.07, 6.45) is 3.15. The summed E-state index contributed by atoms with van der Waals surface area (Å²) < 4.78 is 16.4. The van der Waals surface area contributed by atoms with Gasteiger partial charge in [0.25, 0.3) is 5.91 Å². The number of carbonyl (C=O) groups is 1. The van der Waals surface area contributed by atoms with E-state index in [9.17, 15) is 4.79 Å². The highest BCUT2D eigenvalue weighted by Crippen LogP contribution is 2.28. The summed E-state index contributed by atoms with van der Waals surface area (Å²) in [4.78, 5) is 21.7. The molecule has 32 heavy (non-hydrogen) atoms. The minimum absolute atomic E-state index is 0.0831. The van der Waals surface area contributed by atoms with Crippen LogP contribution in [0.3, 0.4) is 0 Å². The largest absolute Gasteiger partial charge is 0.497 e. The molecule has 0 spiro atoms. The van der Waals surface area contributed by atoms with E-state index in [2.05, 4.69) is 4.99 Å². The van der Waals surface area contributed by atoms with Crippen molar-refractivity contribution in [1.29, 1.82) is 5.41 Å². The zero-order valence-electron chi connectivity index (χ0n) is 17.4. The predicted octanol–water partition coefficient (Wildman–Crippen LogP) is 4.26. The van der Waals surface area contributed by atoms with Crippen LogP contribution in [0, 0.1) is 5.41 Å². The molecule has 0 fully saturated rings. The van der Waals surface area contributed by atoms with Gasteiger partial charge in [-0.3, -0.25) is 10.2 Å². The summed E-state index contributed by atoms with van der Waals surface area (Å²) in [6.45, 7) is 2.36. The number of fused-ring (bicyclic) bond motifs is 1. The van der Waals surface area contributed by atoms with E-state index in [0.29, 0.717) is 46.9 Å². The van der Waals surface area contributed by atoms with Crippen LogP contribution in [-0.4, -0.2) is 43.0 Å². The monoisotopic (exact) mass is 453 g/mol. The first-order chi connectivity index (χ1) is 15.4. The molecule has 0 aromatic heterocycles. The lowest BCUT2D eigenvalue weighted by Gasteiger charge is -2.23. The Labute approximate surface area is 189 Å². The molecular formula is C23H20ClN3O5. The molecular weight excluding hydrogens is 434 g/mol. The first-order valence-corrected chi connectivity index (χ1v) is 10.1. The number of methoxy groups -OCH3 is 1. The third-order valence-corrected chi connectivity index (χ3v) is 4.91. The number of amides is 1. The second kappa shape index (κ2) is 9.15. The van der Waals surface area contributed by atoms with E-state index in [1.165, 1.54) is 5.06 Å². The molecule has 2 heterocycles. The van der Waals surface area contributed by atoms with Gasteiger partial charge in [0.15, 0.2) is 11.7 Å². The first kappa shape index (κ1) is 21.5. The number of nitrogens with one attached hydrogen (secondary N) is 1. The number of hydrogen-bond acceptors (Lipinski definition) is 6. The number of halogens is 1. The Hall–Kier alpha value is -3.78. The molecule has 2 aromatic rings. The van der Waals surface area contributed by atoms with Crippen molar-refractivity contribution >= 4 is 35.3 Å². The second-order valence-electron chi connectivity index (χ2n) is 6.88. The molecule has 8 nitrogen and oxygen atoms in total. The number of hydroxylamine groups is 2. The summed E-state index contributed by atoms with van der Waals surface area (Å²) in [5, 5.41) is 9.85. The van der Waals surface area contributed by atoms with Gasteiger partial charge in [0.2, 0.25) is 0 Å². The van der Waals surface area contributed by atoms with Crippen LogP contribution in [0.2, 0.25) is 5.02 Å². The Morgan fingerprint density at radius 1 is 1.12 bits per heavy atom. The molecule has 0 radical (unpaired) electrons. The van der Waals surface area contributed by atoms with Crippen molar-refractivity contribution in [3.8, 4) is 17.2 Å². The average molecular weight is 454 g/mol. The SMILES string of the molecule is COc1ccc(OCCOc2ccc(/C=C3\C(=N)N4OC(C)=CC4=NC3=O)cc2Cl)cc1. The lowest BCUT2D eigenvalue weighted by atomic mass is 10.1. The Balaban J connectivity index is 1.37. The lowest BCUT2D eigenvalue weighted by Crippen LogP contribution is -2.38. The molecule has 1 amide bonds. The molecule has 2 aromatic carbocycles. The van der Waals surface area contributed by atoms with E-state index < -0.39 is 5.91 Å². The smallest absolute Gasteiger partial charge is 0.282 e. The second-order valence-corrected chi connectivity index (χ2v) is 7.29. The van der Waals surface area contributed by atoms with Gasteiger partial charge in [0, 0.05) is 6.08 Å². The van der Waals surface area contributed by atoms with Crippen molar-refractivity contribution in [3.63, 3.8) is 0 Å². The van der Waals surface area contributed by atoms with Gasteiger partial charge in [0.05, 0.1) is 17.7 Å². The fourth-order valence-electron chi connectivity index (χ4n) is 3.07. The highest BCUT2D eigenvalue weighted by atomic mass is 35.5. The molecule has 1 N–H and O–H groups in total. The van der Waals surface area contributed by atoms with Crippen molar-refractivity contribution in [2.45, 2.75) is 6.92 Å². The Morgan fingerprint density at radius 2 is 1.84 bits per heavy atom. The fourth-order valence-corrected chi connectivity index (χ4v) is 3.32. The van der Waals surface area contributed by atoms with Crippen molar-refractivity contribution in [2.75, 3.05) is 20.3 Å². The minimum atomic E-state index is -0.511. The van der Waals surface area contributed by atoms with E-state index in [1.54, 1.807) is 44.4 Å². The molecule has 0 saturated heterocycles. The maximum absolute atomic E-state index is 12.4. The highest BCUT2D eigenvalue weighted by molar-refractivity contribution is 6.33. The summed E-state index contributed by atoms with van der Waals surface area (Å²) in [5.41, 5.74) is 0.738. The van der Waals surface area contributed by atoms with Crippen LogP contribution in [0.25, 0.3) is 6.08 Å². The third-order valence-electron chi connectivity index (χ3n) is 4.62. The number of hydrogen-bond donors (Lipinski definition) is 1. The van der Waals surface area contributed by atoms with E-state index in [-0.39, 0.29) is 11.4 Å². The van der Waals surface area contributed by atoms with Gasteiger partial charge in [-0.15, -0.1) is 5.06 Å². The van der Waals surface area contributed by atoms with Crippen molar-refractivity contribution in [1.82, 2.24) is 5.06 Å². The minimum Gasteiger partial charge on any atom is -0.497 e. The number of aliphatic imine (C=N–C) groups is 1. The summed E-state index contributed by atoms with van der Waals surface area (Å²) >= 11 is 6.34. The normalized spacial score (nSPS) is 16.3. The fraction of sp³-hybridized carbons (Fsp3) is 0.174. The van der Waals surface area contributed by atoms with Crippen molar-refractivity contribution < 1.29 is 23.8 Å². The third kappa shape index (κ3) is 4.60. The number of amidine groups is 2. The molecule has 0 aliphatic carbocycles. The molecule has 0 bridgehead atoms. The quantitative estimate of drug-likeness (QED) is 0.497. The van der Waals surface area contributed by atoms with Crippen LogP contribution in [-0.2, 0) is 9.63 Å². The molecule has 9 heteroatoms. The predicted molar refractivity (Wildman–Crippen MR) is 120 cm³/mol. The maximum atomic E-state index is 12.4. The van der Waals surface area contributed by atoms with Gasteiger partial charge in [-0.25, -0.2) is 0 Å². The Kier molecular flexibility index (Phi) is 6.13. The van der Waals surface area contributed by atoms with Gasteiger partial charge in [-0.1, -0.05) is 17.7 Å². The van der Waals surface area contributed by atoms with Gasteiger partial charge in [0.1, 0.15) is 36.2 Å². The zero-order valence-corrected chi connectivity index (χ0v) is 18.2. The molecule has 2 aliphatic rings. The van der Waals surface area contributed by atoms with Crippen LogP contribution in [0.4, 0.5) is 0 Å². The zero-order chi connectivity index (χ0) is 22.7. The number of nitrogens with zero attached hydrogens (tertiary/aromatic N) is 2. The standard InChI is InChI=1S/C23H20ClN3O5/c1-14-11-21-26-23(28)18(22(25)27(21)32-14)12-15-3-8-20(19(24)13-15)31-10-9-30-17-6-4-16(29-2)5-7-17/h3-8,11-13,25H,9-10H2,1-2H3/b18-12+,25-22?. The first-order valence-electron chi connectivity index (χ1n) is 9.74. The van der Waals surface area contributed by atoms with Crippen molar-refractivity contribution in [3.05, 3.63) is 70.5 Å². The van der Waals surface area contributed by atoms with Crippen LogP contribution < -0.4 is 14.2 Å². The average Bonchev–Trinajstić information content (AvgIpc) is 3.16. The van der Waals surface area contributed by atoms with E-state index >= 15 is 0 Å². The van der Waals surface area contributed by atoms with Crippen LogP contribution in [0.15, 0.2) is 64.9 Å². The molecule has 0 unspecified atom stereocenters. The summed E-state index contributed by atoms with van der Waals surface area (Å²) in [5.74, 6) is 2.22. The molecule has 4 rings (SSSR count). The van der Waals surface area contributed by atoms with Crippen LogP contribution >= 0.6 is 11.6 Å². The topological polar surface area (TPSA) is 93.4 Å².